The van der Waals surface area contributed by atoms with Gasteiger partial charge < -0.3 is 10.6 Å². The van der Waals surface area contributed by atoms with Crippen LogP contribution in [0.3, 0.4) is 0 Å². The van der Waals surface area contributed by atoms with Crippen LogP contribution < -0.4 is 5.73 Å². The Hall–Kier alpha value is -2.70. The van der Waals surface area contributed by atoms with Crippen LogP contribution in [0.5, 0.6) is 0 Å². The molecule has 0 radical (unpaired) electrons. The number of carbonyl (C=O) groups excluding carboxylic acids is 1. The zero-order chi connectivity index (χ0) is 14.5. The Morgan fingerprint density at radius 3 is 2.70 bits per heavy atom. The van der Waals surface area contributed by atoms with Gasteiger partial charge in [0.15, 0.2) is 11.5 Å². The van der Waals surface area contributed by atoms with Crippen molar-refractivity contribution in [2.24, 2.45) is 10.9 Å². The van der Waals surface area contributed by atoms with E-state index in [1.54, 1.807) is 10.9 Å². The molecule has 1 heterocycles. The summed E-state index contributed by atoms with van der Waals surface area (Å²) >= 11 is 0. The summed E-state index contributed by atoms with van der Waals surface area (Å²) in [5, 5.41) is 7.48. The van der Waals surface area contributed by atoms with Crippen LogP contribution in [-0.2, 0) is 11.4 Å². The number of oxime groups is 1. The van der Waals surface area contributed by atoms with Crippen LogP contribution in [0.25, 0.3) is 0 Å². The fourth-order valence-electron chi connectivity index (χ4n) is 1.46. The molecule has 0 saturated carbocycles. The minimum Gasteiger partial charge on any atom is -0.380 e. The predicted octanol–water partition coefficient (Wildman–Crippen LogP) is 1.52. The summed E-state index contributed by atoms with van der Waals surface area (Å²) in [5.74, 6) is -1.11. The van der Waals surface area contributed by atoms with E-state index in [0.717, 1.165) is 0 Å². The molecule has 104 valence electrons. The van der Waals surface area contributed by atoms with Crippen molar-refractivity contribution in [2.75, 3.05) is 0 Å². The lowest BCUT2D eigenvalue weighted by molar-refractivity contribution is 0.0508. The van der Waals surface area contributed by atoms with Gasteiger partial charge in [-0.05, 0) is 37.3 Å². The minimum absolute atomic E-state index is 0.0201. The van der Waals surface area contributed by atoms with Gasteiger partial charge >= 0.3 is 5.97 Å². The normalized spacial score (nSPS) is 11.4. The van der Waals surface area contributed by atoms with Gasteiger partial charge in [0.1, 0.15) is 5.82 Å². The molecule has 7 heteroatoms. The number of carbonyl (C=O) groups is 1. The first-order valence-electron chi connectivity index (χ1n) is 5.94. The summed E-state index contributed by atoms with van der Waals surface area (Å²) in [6.07, 6.45) is 1.66. The molecule has 0 spiro atoms. The van der Waals surface area contributed by atoms with E-state index in [2.05, 4.69) is 15.1 Å². The molecule has 0 fully saturated rings. The van der Waals surface area contributed by atoms with Crippen molar-refractivity contribution in [2.45, 2.75) is 13.5 Å². The summed E-state index contributed by atoms with van der Waals surface area (Å²) in [5.41, 5.74) is 6.23. The molecule has 2 N–H and O–H groups in total. The van der Waals surface area contributed by atoms with Crippen molar-refractivity contribution in [1.29, 1.82) is 0 Å². The third kappa shape index (κ3) is 3.19. The second kappa shape index (κ2) is 5.96. The maximum absolute atomic E-state index is 12.7. The van der Waals surface area contributed by atoms with E-state index in [0.29, 0.717) is 12.1 Å². The number of hydrogen-bond acceptors (Lipinski definition) is 4. The molecule has 0 saturated heterocycles. The second-order valence-electron chi connectivity index (χ2n) is 3.92. The molecule has 0 unspecified atom stereocenters. The lowest BCUT2D eigenvalue weighted by Crippen LogP contribution is -2.15. The minimum atomic E-state index is -0.706. The van der Waals surface area contributed by atoms with Crippen molar-refractivity contribution < 1.29 is 14.0 Å². The molecule has 1 aromatic carbocycles. The van der Waals surface area contributed by atoms with Gasteiger partial charge in [0.05, 0.1) is 0 Å². The summed E-state index contributed by atoms with van der Waals surface area (Å²) in [6, 6.07) is 6.88. The number of amidine groups is 1. The zero-order valence-electron chi connectivity index (χ0n) is 10.8. The molecular formula is C13H13FN4O2. The highest BCUT2D eigenvalue weighted by atomic mass is 19.1. The predicted molar refractivity (Wildman–Crippen MR) is 70.4 cm³/mol. The second-order valence-corrected chi connectivity index (χ2v) is 3.92. The highest BCUT2D eigenvalue weighted by molar-refractivity contribution is 5.97. The molecular weight excluding hydrogens is 263 g/mol. The molecule has 1 aromatic heterocycles. The Balaban J connectivity index is 2.04. The van der Waals surface area contributed by atoms with Crippen LogP contribution in [0.1, 0.15) is 23.0 Å². The average molecular weight is 276 g/mol. The van der Waals surface area contributed by atoms with Crippen molar-refractivity contribution in [3.63, 3.8) is 0 Å². The van der Waals surface area contributed by atoms with Gasteiger partial charge in [0, 0.05) is 18.3 Å². The molecule has 0 aliphatic rings. The number of nitrogens with zero attached hydrogens (tertiary/aromatic N) is 3. The number of aromatic nitrogens is 2. The highest BCUT2D eigenvalue weighted by Crippen LogP contribution is 2.04. The number of aryl methyl sites for hydroxylation is 1. The van der Waals surface area contributed by atoms with Crippen LogP contribution in [0.4, 0.5) is 4.39 Å². The zero-order valence-corrected chi connectivity index (χ0v) is 10.8. The molecule has 0 bridgehead atoms. The van der Waals surface area contributed by atoms with E-state index in [-0.39, 0.29) is 17.3 Å². The van der Waals surface area contributed by atoms with E-state index in [1.165, 1.54) is 30.3 Å². The molecule has 6 nitrogen and oxygen atoms in total. The molecule has 0 amide bonds. The molecule has 2 aromatic rings. The average Bonchev–Trinajstić information content (AvgIpc) is 2.94. The monoisotopic (exact) mass is 276 g/mol. The van der Waals surface area contributed by atoms with E-state index >= 15 is 0 Å². The fourth-order valence-corrected chi connectivity index (χ4v) is 1.46. The van der Waals surface area contributed by atoms with Gasteiger partial charge in [-0.25, -0.2) is 9.18 Å². The Bertz CT molecular complexity index is 634. The Morgan fingerprint density at radius 2 is 2.10 bits per heavy atom. The first-order chi connectivity index (χ1) is 9.60. The van der Waals surface area contributed by atoms with Crippen LogP contribution in [0.15, 0.2) is 41.7 Å². The van der Waals surface area contributed by atoms with Gasteiger partial charge in [-0.2, -0.15) is 5.10 Å². The first kappa shape index (κ1) is 13.7. The molecule has 0 aliphatic carbocycles. The van der Waals surface area contributed by atoms with Crippen molar-refractivity contribution in [3.8, 4) is 0 Å². The van der Waals surface area contributed by atoms with Crippen molar-refractivity contribution in [3.05, 3.63) is 53.6 Å². The van der Waals surface area contributed by atoms with Crippen LogP contribution >= 0.6 is 0 Å². The lowest BCUT2D eigenvalue weighted by atomic mass is 10.2. The van der Waals surface area contributed by atoms with Crippen molar-refractivity contribution >= 4 is 11.8 Å². The molecule has 0 aliphatic heterocycles. The molecule has 2 rings (SSSR count). The van der Waals surface area contributed by atoms with E-state index in [4.69, 9.17) is 5.73 Å². The SMILES string of the molecule is CCn1ccc(C(=O)O/N=C(\N)c2ccc(F)cc2)n1. The third-order valence-electron chi connectivity index (χ3n) is 2.54. The maximum Gasteiger partial charge on any atom is 0.385 e. The molecule has 0 atom stereocenters. The Labute approximate surface area is 114 Å². The smallest absolute Gasteiger partial charge is 0.380 e. The summed E-state index contributed by atoms with van der Waals surface area (Å²) in [6.45, 7) is 2.54. The molecule has 20 heavy (non-hydrogen) atoms. The largest absolute Gasteiger partial charge is 0.385 e. The Morgan fingerprint density at radius 1 is 1.40 bits per heavy atom. The van der Waals surface area contributed by atoms with Crippen LogP contribution in [0.2, 0.25) is 0 Å². The Kier molecular flexibility index (Phi) is 4.09. The lowest BCUT2D eigenvalue weighted by Gasteiger charge is -2.00. The summed E-state index contributed by atoms with van der Waals surface area (Å²) in [4.78, 5) is 16.3. The van der Waals surface area contributed by atoms with Crippen LogP contribution in [0, 0.1) is 5.82 Å². The highest BCUT2D eigenvalue weighted by Gasteiger charge is 2.11. The van der Waals surface area contributed by atoms with Gasteiger partial charge in [-0.15, -0.1) is 0 Å². The van der Waals surface area contributed by atoms with Gasteiger partial charge in [0.2, 0.25) is 0 Å². The van der Waals surface area contributed by atoms with Gasteiger partial charge in [0.25, 0.3) is 0 Å². The number of rotatable bonds is 4. The summed E-state index contributed by atoms with van der Waals surface area (Å²) in [7, 11) is 0. The number of halogens is 1. The number of benzene rings is 1. The first-order valence-corrected chi connectivity index (χ1v) is 5.94. The fraction of sp³-hybridized carbons (Fsp3) is 0.154. The van der Waals surface area contributed by atoms with Gasteiger partial charge in [-0.1, -0.05) is 5.16 Å². The van der Waals surface area contributed by atoms with E-state index < -0.39 is 5.97 Å². The van der Waals surface area contributed by atoms with Gasteiger partial charge in [-0.3, -0.25) is 4.68 Å². The maximum atomic E-state index is 12.7. The number of hydrogen-bond donors (Lipinski definition) is 1. The van der Waals surface area contributed by atoms with Crippen molar-refractivity contribution in [1.82, 2.24) is 9.78 Å². The standard InChI is InChI=1S/C13H13FN4O2/c1-2-18-8-7-11(16-18)13(19)20-17-12(15)9-3-5-10(14)6-4-9/h3-8H,2H2,1H3,(H2,15,17). The number of nitrogens with two attached hydrogens (primary N) is 1. The topological polar surface area (TPSA) is 82.5 Å². The third-order valence-corrected chi connectivity index (χ3v) is 2.54. The van der Waals surface area contributed by atoms with Crippen LogP contribution in [-0.4, -0.2) is 21.6 Å². The van der Waals surface area contributed by atoms with E-state index in [9.17, 15) is 9.18 Å². The van der Waals surface area contributed by atoms with E-state index in [1.807, 2.05) is 6.92 Å². The quantitative estimate of drug-likeness (QED) is 0.397. The summed E-state index contributed by atoms with van der Waals surface area (Å²) < 4.78 is 14.3.